The molecule has 4 heteroatoms. The minimum atomic E-state index is 0.264. The van der Waals surface area contributed by atoms with Gasteiger partial charge in [0, 0.05) is 25.6 Å². The van der Waals surface area contributed by atoms with Gasteiger partial charge in [-0.2, -0.15) is 0 Å². The molecule has 27 heavy (non-hydrogen) atoms. The van der Waals surface area contributed by atoms with Crippen molar-refractivity contribution in [3.63, 3.8) is 0 Å². The molecule has 1 heterocycles. The van der Waals surface area contributed by atoms with E-state index in [9.17, 15) is 0 Å². The monoisotopic (exact) mass is 364 g/mol. The molecule has 0 saturated carbocycles. The molecule has 0 aromatic heterocycles. The SMILES string of the molecule is CCNC(=NCC(c1ccccc1)c1ccccc1)NCC1CCN(C)C1. The van der Waals surface area contributed by atoms with Crippen molar-refractivity contribution in [3.05, 3.63) is 71.8 Å². The fourth-order valence-electron chi connectivity index (χ4n) is 3.73. The standard InChI is InChI=1S/C23H32N4/c1-3-24-23(25-16-19-14-15-27(2)18-19)26-17-22(20-10-6-4-7-11-20)21-12-8-5-9-13-21/h4-13,19,22H,3,14-18H2,1-2H3,(H2,24,25,26). The zero-order chi connectivity index (χ0) is 18.9. The molecular formula is C23H32N4. The molecule has 1 fully saturated rings. The Bertz CT molecular complexity index is 659. The highest BCUT2D eigenvalue weighted by molar-refractivity contribution is 5.79. The van der Waals surface area contributed by atoms with E-state index in [-0.39, 0.29) is 5.92 Å². The lowest BCUT2D eigenvalue weighted by Gasteiger charge is -2.19. The van der Waals surface area contributed by atoms with Crippen LogP contribution in [0.4, 0.5) is 0 Å². The lowest BCUT2D eigenvalue weighted by atomic mass is 9.91. The van der Waals surface area contributed by atoms with Gasteiger partial charge in [0.05, 0.1) is 6.54 Å². The lowest BCUT2D eigenvalue weighted by molar-refractivity contribution is 0.394. The van der Waals surface area contributed by atoms with Gasteiger partial charge in [-0.25, -0.2) is 0 Å². The van der Waals surface area contributed by atoms with Crippen LogP contribution < -0.4 is 10.6 Å². The second-order valence-corrected chi connectivity index (χ2v) is 7.39. The van der Waals surface area contributed by atoms with Gasteiger partial charge in [-0.3, -0.25) is 4.99 Å². The highest BCUT2D eigenvalue weighted by Gasteiger charge is 2.19. The summed E-state index contributed by atoms with van der Waals surface area (Å²) in [6.45, 7) is 7.07. The smallest absolute Gasteiger partial charge is 0.191 e. The number of benzene rings is 2. The van der Waals surface area contributed by atoms with Crippen molar-refractivity contribution >= 4 is 5.96 Å². The average Bonchev–Trinajstić information content (AvgIpc) is 3.13. The number of hydrogen-bond acceptors (Lipinski definition) is 2. The van der Waals surface area contributed by atoms with Crippen LogP contribution in [0.25, 0.3) is 0 Å². The molecule has 1 aliphatic heterocycles. The molecule has 1 aliphatic rings. The Labute approximate surface area is 163 Å². The Morgan fingerprint density at radius 1 is 1.04 bits per heavy atom. The Kier molecular flexibility index (Phi) is 7.28. The first-order valence-electron chi connectivity index (χ1n) is 10.1. The number of hydrogen-bond donors (Lipinski definition) is 2. The zero-order valence-corrected chi connectivity index (χ0v) is 16.6. The summed E-state index contributed by atoms with van der Waals surface area (Å²) in [4.78, 5) is 7.33. The van der Waals surface area contributed by atoms with Gasteiger partial charge in [0.1, 0.15) is 0 Å². The molecule has 2 aromatic rings. The van der Waals surface area contributed by atoms with Crippen molar-refractivity contribution < 1.29 is 0 Å². The lowest BCUT2D eigenvalue weighted by Crippen LogP contribution is -2.40. The summed E-state index contributed by atoms with van der Waals surface area (Å²) in [6, 6.07) is 21.3. The van der Waals surface area contributed by atoms with Gasteiger partial charge in [-0.15, -0.1) is 0 Å². The largest absolute Gasteiger partial charge is 0.357 e. The average molecular weight is 365 g/mol. The third kappa shape index (κ3) is 5.83. The van der Waals surface area contributed by atoms with E-state index < -0.39 is 0 Å². The van der Waals surface area contributed by atoms with Gasteiger partial charge in [0.2, 0.25) is 0 Å². The number of rotatable bonds is 7. The van der Waals surface area contributed by atoms with Gasteiger partial charge in [-0.1, -0.05) is 60.7 Å². The minimum Gasteiger partial charge on any atom is -0.357 e. The molecule has 144 valence electrons. The van der Waals surface area contributed by atoms with E-state index in [4.69, 9.17) is 4.99 Å². The molecule has 2 aromatic carbocycles. The summed E-state index contributed by atoms with van der Waals surface area (Å²) < 4.78 is 0. The molecule has 0 amide bonds. The number of likely N-dealkylation sites (tertiary alicyclic amines) is 1. The maximum atomic E-state index is 4.93. The normalized spacial score (nSPS) is 18.0. The van der Waals surface area contributed by atoms with E-state index in [1.807, 2.05) is 0 Å². The van der Waals surface area contributed by atoms with Gasteiger partial charge in [-0.05, 0) is 44.0 Å². The number of nitrogens with zero attached hydrogens (tertiary/aromatic N) is 2. The third-order valence-corrected chi connectivity index (χ3v) is 5.23. The fourth-order valence-corrected chi connectivity index (χ4v) is 3.73. The summed E-state index contributed by atoms with van der Waals surface area (Å²) in [6.07, 6.45) is 1.26. The maximum absolute atomic E-state index is 4.93. The first-order valence-corrected chi connectivity index (χ1v) is 10.1. The minimum absolute atomic E-state index is 0.264. The Balaban J connectivity index is 1.70. The highest BCUT2D eigenvalue weighted by atomic mass is 15.2. The fraction of sp³-hybridized carbons (Fsp3) is 0.435. The predicted molar refractivity (Wildman–Crippen MR) is 114 cm³/mol. The number of aliphatic imine (C=N–C) groups is 1. The van der Waals surface area contributed by atoms with E-state index in [0.29, 0.717) is 5.92 Å². The van der Waals surface area contributed by atoms with Crippen LogP contribution in [0.5, 0.6) is 0 Å². The van der Waals surface area contributed by atoms with E-state index in [0.717, 1.165) is 25.6 Å². The summed E-state index contributed by atoms with van der Waals surface area (Å²) in [5.74, 6) is 1.89. The van der Waals surface area contributed by atoms with Crippen molar-refractivity contribution in [2.45, 2.75) is 19.3 Å². The van der Waals surface area contributed by atoms with Crippen LogP contribution in [0.2, 0.25) is 0 Å². The molecular weight excluding hydrogens is 332 g/mol. The first-order chi connectivity index (χ1) is 13.3. The van der Waals surface area contributed by atoms with E-state index in [1.165, 1.54) is 30.6 Å². The van der Waals surface area contributed by atoms with Crippen LogP contribution >= 0.6 is 0 Å². The molecule has 0 aliphatic carbocycles. The summed E-state index contributed by atoms with van der Waals surface area (Å²) in [5.41, 5.74) is 2.61. The molecule has 4 nitrogen and oxygen atoms in total. The van der Waals surface area contributed by atoms with E-state index in [1.54, 1.807) is 0 Å². The zero-order valence-electron chi connectivity index (χ0n) is 16.6. The topological polar surface area (TPSA) is 39.7 Å². The quantitative estimate of drug-likeness (QED) is 0.585. The Morgan fingerprint density at radius 2 is 1.67 bits per heavy atom. The van der Waals surface area contributed by atoms with Gasteiger partial charge in [0.25, 0.3) is 0 Å². The van der Waals surface area contributed by atoms with E-state index >= 15 is 0 Å². The van der Waals surface area contributed by atoms with Crippen LogP contribution in [0, 0.1) is 5.92 Å². The van der Waals surface area contributed by atoms with Gasteiger partial charge in [0.15, 0.2) is 5.96 Å². The van der Waals surface area contributed by atoms with Crippen LogP contribution in [-0.2, 0) is 0 Å². The van der Waals surface area contributed by atoms with Crippen molar-refractivity contribution in [3.8, 4) is 0 Å². The molecule has 2 N–H and O–H groups in total. The van der Waals surface area contributed by atoms with Crippen molar-refractivity contribution in [2.75, 3.05) is 39.8 Å². The number of guanidine groups is 1. The van der Waals surface area contributed by atoms with Crippen LogP contribution in [-0.4, -0.2) is 50.6 Å². The molecule has 3 rings (SSSR count). The van der Waals surface area contributed by atoms with Gasteiger partial charge >= 0.3 is 0 Å². The highest BCUT2D eigenvalue weighted by Crippen LogP contribution is 2.24. The van der Waals surface area contributed by atoms with Crippen LogP contribution in [0.15, 0.2) is 65.7 Å². The van der Waals surface area contributed by atoms with Gasteiger partial charge < -0.3 is 15.5 Å². The van der Waals surface area contributed by atoms with Crippen molar-refractivity contribution in [1.29, 1.82) is 0 Å². The Hall–Kier alpha value is -2.33. The molecule has 0 bridgehead atoms. The van der Waals surface area contributed by atoms with Crippen molar-refractivity contribution in [1.82, 2.24) is 15.5 Å². The maximum Gasteiger partial charge on any atom is 0.191 e. The number of nitrogens with one attached hydrogen (secondary N) is 2. The molecule has 1 saturated heterocycles. The Morgan fingerprint density at radius 3 is 2.19 bits per heavy atom. The summed E-state index contributed by atoms with van der Waals surface area (Å²) in [5, 5.41) is 6.96. The molecule has 1 atom stereocenters. The molecule has 0 radical (unpaired) electrons. The van der Waals surface area contributed by atoms with E-state index in [2.05, 4.69) is 90.2 Å². The molecule has 1 unspecified atom stereocenters. The first kappa shape index (κ1) is 19.4. The molecule has 0 spiro atoms. The summed E-state index contributed by atoms with van der Waals surface area (Å²) >= 11 is 0. The predicted octanol–water partition coefficient (Wildman–Crippen LogP) is 3.33. The van der Waals surface area contributed by atoms with Crippen LogP contribution in [0.1, 0.15) is 30.4 Å². The van der Waals surface area contributed by atoms with Crippen molar-refractivity contribution in [2.24, 2.45) is 10.9 Å². The second kappa shape index (κ2) is 10.1. The second-order valence-electron chi connectivity index (χ2n) is 7.39. The van der Waals surface area contributed by atoms with Crippen LogP contribution in [0.3, 0.4) is 0 Å². The summed E-state index contributed by atoms with van der Waals surface area (Å²) in [7, 11) is 2.20. The third-order valence-electron chi connectivity index (χ3n) is 5.23.